The first-order valence-electron chi connectivity index (χ1n) is 18.4. The molecule has 3 N–H and O–H groups in total. The van der Waals surface area contributed by atoms with Crippen LogP contribution in [0.3, 0.4) is 0 Å². The number of hydrogen-bond acceptors (Lipinski definition) is 8. The number of nitrogens with zero attached hydrogens (tertiary/aromatic N) is 5. The number of benzene rings is 2. The van der Waals surface area contributed by atoms with E-state index in [1.165, 1.54) is 0 Å². The number of carbonyl (C=O) groups is 4. The highest BCUT2D eigenvalue weighted by Crippen LogP contribution is 2.27. The Bertz CT molecular complexity index is 1560. The Hall–Kier alpha value is -4.36. The molecule has 3 saturated heterocycles. The number of urea groups is 1. The predicted molar refractivity (Wildman–Crippen MR) is 192 cm³/mol. The fourth-order valence-corrected chi connectivity index (χ4v) is 8.12. The standard InChI is InChI=1S/C38H52N6O7/c1-26-23-28(24-27(2)35(26)47)25-33(36(48)42-21-19-41(20-22-42)30-8-13-40(14-9-30)15-12-34(45)46)51-38(50)43-16-10-31(11-17-43)44-18-7-29-5-3-4-6-32(29)39-37(44)49/h3-6,23-24,30-31,33,47H,7-22,25H2,1-2H3,(H,39,49)(H,45,46)/t33-/m1/s1. The molecule has 3 fully saturated rings. The van der Waals surface area contributed by atoms with Gasteiger partial charge < -0.3 is 39.9 Å². The lowest BCUT2D eigenvalue weighted by Crippen LogP contribution is -2.56. The maximum atomic E-state index is 14.1. The van der Waals surface area contributed by atoms with Gasteiger partial charge in [0, 0.05) is 76.5 Å². The average molecular weight is 705 g/mol. The second-order valence-electron chi connectivity index (χ2n) is 14.5. The molecule has 6 rings (SSSR count). The summed E-state index contributed by atoms with van der Waals surface area (Å²) < 4.78 is 6.06. The van der Waals surface area contributed by atoms with Crippen LogP contribution < -0.4 is 5.32 Å². The first kappa shape index (κ1) is 36.4. The number of aromatic hydroxyl groups is 1. The number of likely N-dealkylation sites (tertiary alicyclic amines) is 2. The van der Waals surface area contributed by atoms with Gasteiger partial charge in [-0.25, -0.2) is 9.59 Å². The molecule has 0 bridgehead atoms. The van der Waals surface area contributed by atoms with E-state index in [1.54, 1.807) is 9.80 Å². The number of aliphatic carboxylic acids is 1. The lowest BCUT2D eigenvalue weighted by Gasteiger charge is -2.43. The van der Waals surface area contributed by atoms with Gasteiger partial charge in [0.15, 0.2) is 6.10 Å². The summed E-state index contributed by atoms with van der Waals surface area (Å²) in [5.41, 5.74) is 4.17. The summed E-state index contributed by atoms with van der Waals surface area (Å²) in [6.45, 7) is 9.94. The van der Waals surface area contributed by atoms with Crippen LogP contribution >= 0.6 is 0 Å². The third kappa shape index (κ3) is 8.93. The van der Waals surface area contributed by atoms with Crippen molar-refractivity contribution in [2.75, 3.05) is 70.8 Å². The van der Waals surface area contributed by atoms with Gasteiger partial charge in [-0.1, -0.05) is 30.3 Å². The van der Waals surface area contributed by atoms with Crippen molar-refractivity contribution >= 4 is 29.7 Å². The van der Waals surface area contributed by atoms with Crippen molar-refractivity contribution in [1.82, 2.24) is 24.5 Å². The van der Waals surface area contributed by atoms with Crippen molar-refractivity contribution < 1.29 is 34.1 Å². The number of hydrogen-bond donors (Lipinski definition) is 3. The van der Waals surface area contributed by atoms with Gasteiger partial charge in [-0.15, -0.1) is 0 Å². The zero-order valence-corrected chi connectivity index (χ0v) is 29.9. The highest BCUT2D eigenvalue weighted by molar-refractivity contribution is 5.91. The largest absolute Gasteiger partial charge is 0.507 e. The number of rotatable bonds is 9. The van der Waals surface area contributed by atoms with Crippen molar-refractivity contribution in [1.29, 1.82) is 0 Å². The molecule has 13 heteroatoms. The molecule has 13 nitrogen and oxygen atoms in total. The van der Waals surface area contributed by atoms with Gasteiger partial charge in [0.25, 0.3) is 5.91 Å². The van der Waals surface area contributed by atoms with E-state index in [4.69, 9.17) is 9.84 Å². The molecular weight excluding hydrogens is 652 g/mol. The Balaban J connectivity index is 1.05. The number of para-hydroxylation sites is 1. The van der Waals surface area contributed by atoms with Crippen molar-refractivity contribution in [3.63, 3.8) is 0 Å². The van der Waals surface area contributed by atoms with Crippen molar-refractivity contribution in [2.24, 2.45) is 0 Å². The number of fused-ring (bicyclic) bond motifs is 1. The average Bonchev–Trinajstić information content (AvgIpc) is 3.30. The number of piperidine rings is 2. The minimum absolute atomic E-state index is 0.00277. The van der Waals surface area contributed by atoms with E-state index in [-0.39, 0.29) is 36.6 Å². The second kappa shape index (κ2) is 16.3. The van der Waals surface area contributed by atoms with Crippen LogP contribution in [0.2, 0.25) is 0 Å². The van der Waals surface area contributed by atoms with E-state index in [0.717, 1.165) is 62.3 Å². The Morgan fingerprint density at radius 2 is 1.51 bits per heavy atom. The number of carbonyl (C=O) groups excluding carboxylic acids is 3. The van der Waals surface area contributed by atoms with Crippen LogP contribution in [0.4, 0.5) is 15.3 Å². The number of nitrogens with one attached hydrogen (secondary N) is 1. The van der Waals surface area contributed by atoms with Crippen LogP contribution in [0, 0.1) is 13.8 Å². The van der Waals surface area contributed by atoms with E-state index in [1.807, 2.05) is 55.1 Å². The Labute approximate surface area is 300 Å². The van der Waals surface area contributed by atoms with Gasteiger partial charge in [0.2, 0.25) is 0 Å². The van der Waals surface area contributed by atoms with Crippen LogP contribution in [0.15, 0.2) is 36.4 Å². The molecule has 2 aromatic carbocycles. The molecule has 51 heavy (non-hydrogen) atoms. The van der Waals surface area contributed by atoms with E-state index < -0.39 is 18.2 Å². The number of aryl methyl sites for hydroxylation is 2. The number of piperazine rings is 1. The molecule has 0 unspecified atom stereocenters. The third-order valence-corrected chi connectivity index (χ3v) is 11.1. The van der Waals surface area contributed by atoms with Crippen molar-refractivity contribution in [3.8, 4) is 5.75 Å². The molecule has 4 amide bonds. The first-order valence-corrected chi connectivity index (χ1v) is 18.4. The normalized spacial score (nSPS) is 20.4. The molecular formula is C38H52N6O7. The molecule has 276 valence electrons. The summed E-state index contributed by atoms with van der Waals surface area (Å²) in [5, 5.41) is 22.4. The molecule has 4 aliphatic heterocycles. The number of ether oxygens (including phenoxy) is 1. The van der Waals surface area contributed by atoms with E-state index >= 15 is 0 Å². The van der Waals surface area contributed by atoms with E-state index in [0.29, 0.717) is 69.3 Å². The van der Waals surface area contributed by atoms with Gasteiger partial charge in [-0.3, -0.25) is 14.5 Å². The first-order chi connectivity index (χ1) is 24.5. The highest BCUT2D eigenvalue weighted by atomic mass is 16.6. The SMILES string of the molecule is Cc1cc(C[C@@H](OC(=O)N2CCC(N3CCc4ccccc4NC3=O)CC2)C(=O)N2CCN(C3CCN(CCC(=O)O)CC3)CC2)cc(C)c1O. The Kier molecular flexibility index (Phi) is 11.7. The Morgan fingerprint density at radius 1 is 0.863 bits per heavy atom. The zero-order valence-electron chi connectivity index (χ0n) is 29.9. The summed E-state index contributed by atoms with van der Waals surface area (Å²) in [7, 11) is 0. The van der Waals surface area contributed by atoms with Crippen LogP contribution in [0.1, 0.15) is 54.4 Å². The summed E-state index contributed by atoms with van der Waals surface area (Å²) in [6.07, 6.45) is 2.76. The van der Waals surface area contributed by atoms with Gasteiger partial charge in [0.05, 0.1) is 6.42 Å². The summed E-state index contributed by atoms with van der Waals surface area (Å²) in [5.74, 6) is -0.773. The minimum atomic E-state index is -1.02. The maximum Gasteiger partial charge on any atom is 0.410 e. The van der Waals surface area contributed by atoms with Crippen LogP contribution in [0.25, 0.3) is 0 Å². The number of phenolic OH excluding ortho intramolecular Hbond substituents is 1. The molecule has 0 saturated carbocycles. The van der Waals surface area contributed by atoms with Gasteiger partial charge in [0.1, 0.15) is 5.75 Å². The van der Waals surface area contributed by atoms with E-state index in [9.17, 15) is 24.3 Å². The summed E-state index contributed by atoms with van der Waals surface area (Å²) in [6, 6.07) is 11.8. The summed E-state index contributed by atoms with van der Waals surface area (Å²) in [4.78, 5) is 61.8. The van der Waals surface area contributed by atoms with Crippen molar-refractivity contribution in [3.05, 3.63) is 58.7 Å². The lowest BCUT2D eigenvalue weighted by atomic mass is 10.00. The van der Waals surface area contributed by atoms with Crippen LogP contribution in [-0.2, 0) is 27.2 Å². The molecule has 4 heterocycles. The summed E-state index contributed by atoms with van der Waals surface area (Å²) >= 11 is 0. The maximum absolute atomic E-state index is 14.1. The number of carboxylic acids is 1. The Morgan fingerprint density at radius 3 is 2.18 bits per heavy atom. The molecule has 1 atom stereocenters. The number of amides is 4. The van der Waals surface area contributed by atoms with E-state index in [2.05, 4.69) is 15.1 Å². The number of carboxylic acid groups (broad SMARTS) is 1. The van der Waals surface area contributed by atoms with Crippen LogP contribution in [-0.4, -0.2) is 142 Å². The third-order valence-electron chi connectivity index (χ3n) is 11.1. The molecule has 0 radical (unpaired) electrons. The van der Waals surface area contributed by atoms with Crippen LogP contribution in [0.5, 0.6) is 5.75 Å². The monoisotopic (exact) mass is 704 g/mol. The molecule has 0 aromatic heterocycles. The topological polar surface area (TPSA) is 146 Å². The fraction of sp³-hybridized carbons (Fsp3) is 0.579. The smallest absolute Gasteiger partial charge is 0.410 e. The number of anilines is 1. The molecule has 0 spiro atoms. The predicted octanol–water partition coefficient (Wildman–Crippen LogP) is 3.69. The van der Waals surface area contributed by atoms with Crippen molar-refractivity contribution in [2.45, 2.75) is 77.0 Å². The number of phenols is 1. The highest BCUT2D eigenvalue weighted by Gasteiger charge is 2.36. The van der Waals surface area contributed by atoms with Gasteiger partial charge >= 0.3 is 18.1 Å². The second-order valence-corrected chi connectivity index (χ2v) is 14.5. The molecule has 4 aliphatic rings. The molecule has 2 aromatic rings. The van der Waals surface area contributed by atoms with Gasteiger partial charge in [-0.2, -0.15) is 0 Å². The molecule has 0 aliphatic carbocycles. The minimum Gasteiger partial charge on any atom is -0.507 e. The van der Waals surface area contributed by atoms with Gasteiger partial charge in [-0.05, 0) is 87.4 Å². The lowest BCUT2D eigenvalue weighted by molar-refractivity contribution is -0.143. The zero-order chi connectivity index (χ0) is 36.1. The fourth-order valence-electron chi connectivity index (χ4n) is 8.12. The quantitative estimate of drug-likeness (QED) is 0.356.